The molecule has 16 heavy (non-hydrogen) atoms. The van der Waals surface area contributed by atoms with Crippen LogP contribution in [0.4, 0.5) is 0 Å². The van der Waals surface area contributed by atoms with Gasteiger partial charge in [-0.1, -0.05) is 19.3 Å². The van der Waals surface area contributed by atoms with Crippen molar-refractivity contribution < 1.29 is 13.3 Å². The van der Waals surface area contributed by atoms with E-state index in [0.29, 0.717) is 12.8 Å². The van der Waals surface area contributed by atoms with Crippen LogP contribution in [0.15, 0.2) is 0 Å². The largest absolute Gasteiger partial charge is 0.514 e. The van der Waals surface area contributed by atoms with Crippen molar-refractivity contribution in [3.05, 3.63) is 0 Å². The molecule has 0 aromatic rings. The van der Waals surface area contributed by atoms with Crippen LogP contribution in [-0.2, 0) is 13.3 Å². The van der Waals surface area contributed by atoms with Gasteiger partial charge in [-0.25, -0.2) is 0 Å². The first-order valence-electron chi connectivity index (χ1n) is 5.89. The van der Waals surface area contributed by atoms with Crippen LogP contribution >= 0.6 is 0 Å². The topological polar surface area (TPSA) is 79.7 Å². The maximum absolute atomic E-state index is 5.63. The Morgan fingerprint density at radius 3 is 1.94 bits per heavy atom. The monoisotopic (exact) mass is 250 g/mol. The zero-order valence-electron chi connectivity index (χ0n) is 10.5. The predicted molar refractivity (Wildman–Crippen MR) is 66.9 cm³/mol. The number of hydrogen-bond donors (Lipinski definition) is 2. The fourth-order valence-corrected chi connectivity index (χ4v) is 2.74. The van der Waals surface area contributed by atoms with Gasteiger partial charge in [-0.05, 0) is 19.4 Å². The molecule has 98 valence electrons. The summed E-state index contributed by atoms with van der Waals surface area (Å²) >= 11 is 0. The van der Waals surface area contributed by atoms with Crippen LogP contribution in [-0.4, -0.2) is 42.3 Å². The average Bonchev–Trinajstić information content (AvgIpc) is 2.34. The first-order chi connectivity index (χ1) is 7.74. The summed E-state index contributed by atoms with van der Waals surface area (Å²) in [7, 11) is 0.639. The third-order valence-electron chi connectivity index (χ3n) is 2.54. The lowest BCUT2D eigenvalue weighted by molar-refractivity contribution is 0.0978. The van der Waals surface area contributed by atoms with Gasteiger partial charge in [0.15, 0.2) is 0 Å². The Bertz CT molecular complexity index is 149. The maximum atomic E-state index is 5.63. The van der Waals surface area contributed by atoms with Gasteiger partial charge in [0.1, 0.15) is 0 Å². The van der Waals surface area contributed by atoms with Crippen LogP contribution < -0.4 is 11.5 Å². The summed E-state index contributed by atoms with van der Waals surface area (Å²) in [6, 6.07) is 0. The number of hydrogen-bond acceptors (Lipinski definition) is 5. The van der Waals surface area contributed by atoms with Crippen LogP contribution in [0, 0.1) is 0 Å². The minimum Gasteiger partial charge on any atom is -0.376 e. The van der Waals surface area contributed by atoms with Gasteiger partial charge in [-0.2, -0.15) is 0 Å². The molecule has 4 N–H and O–H groups in total. The van der Waals surface area contributed by atoms with E-state index in [0.717, 1.165) is 25.8 Å². The van der Waals surface area contributed by atoms with Crippen LogP contribution in [0.3, 0.4) is 0 Å². The molecule has 0 aliphatic carbocycles. The maximum Gasteiger partial charge on any atom is 0.514 e. The second-order valence-corrected chi connectivity index (χ2v) is 6.58. The van der Waals surface area contributed by atoms with Crippen molar-refractivity contribution in [2.75, 3.05) is 33.5 Å². The molecule has 0 unspecified atom stereocenters. The van der Waals surface area contributed by atoms with E-state index >= 15 is 0 Å². The molecule has 0 heterocycles. The fraction of sp³-hybridized carbons (Fsp3) is 1.00. The van der Waals surface area contributed by atoms with Gasteiger partial charge in [0.25, 0.3) is 0 Å². The summed E-state index contributed by atoms with van der Waals surface area (Å²) in [4.78, 5) is 0. The van der Waals surface area contributed by atoms with Crippen molar-refractivity contribution in [3.63, 3.8) is 0 Å². The van der Waals surface area contributed by atoms with E-state index in [1.807, 2.05) is 0 Å². The normalized spacial score (nSPS) is 12.0. The Morgan fingerprint density at radius 2 is 1.44 bits per heavy atom. The smallest absolute Gasteiger partial charge is 0.376 e. The summed E-state index contributed by atoms with van der Waals surface area (Å²) in [5.41, 5.74) is 11.0. The van der Waals surface area contributed by atoms with Crippen LogP contribution in [0.2, 0.25) is 0 Å². The first-order valence-corrected chi connectivity index (χ1v) is 7.82. The van der Waals surface area contributed by atoms with Crippen LogP contribution in [0.5, 0.6) is 0 Å². The number of rotatable bonds is 11. The molecule has 0 saturated carbocycles. The SMILES string of the molecule is CO[Si](CN)(OC)OCCCCCCCN. The molecule has 0 aliphatic heterocycles. The van der Waals surface area contributed by atoms with Gasteiger partial charge in [0.2, 0.25) is 0 Å². The lowest BCUT2D eigenvalue weighted by Crippen LogP contribution is -2.51. The second kappa shape index (κ2) is 10.2. The van der Waals surface area contributed by atoms with E-state index in [2.05, 4.69) is 0 Å². The van der Waals surface area contributed by atoms with Crippen molar-refractivity contribution in [2.45, 2.75) is 32.1 Å². The number of unbranched alkanes of at least 4 members (excludes halogenated alkanes) is 4. The van der Waals surface area contributed by atoms with Gasteiger partial charge in [-0.15, -0.1) is 0 Å². The Morgan fingerprint density at radius 1 is 0.875 bits per heavy atom. The van der Waals surface area contributed by atoms with Crippen LogP contribution in [0.25, 0.3) is 0 Å². The quantitative estimate of drug-likeness (QED) is 0.415. The Hall–Kier alpha value is 0.0169. The third-order valence-corrected chi connectivity index (χ3v) is 4.93. The minimum atomic E-state index is -2.53. The average molecular weight is 250 g/mol. The van der Waals surface area contributed by atoms with Crippen molar-refractivity contribution >= 4 is 8.80 Å². The highest BCUT2D eigenvalue weighted by Gasteiger charge is 2.36. The van der Waals surface area contributed by atoms with Crippen molar-refractivity contribution in [1.82, 2.24) is 0 Å². The molecule has 0 atom stereocenters. The molecule has 6 heteroatoms. The van der Waals surface area contributed by atoms with Crippen molar-refractivity contribution in [2.24, 2.45) is 11.5 Å². The van der Waals surface area contributed by atoms with Gasteiger partial charge < -0.3 is 24.7 Å². The van der Waals surface area contributed by atoms with E-state index in [1.165, 1.54) is 12.8 Å². The predicted octanol–water partition coefficient (Wildman–Crippen LogP) is 0.642. The molecule has 0 bridgehead atoms. The lowest BCUT2D eigenvalue weighted by Gasteiger charge is -2.24. The molecule has 0 aromatic carbocycles. The zero-order chi connectivity index (χ0) is 12.3. The van der Waals surface area contributed by atoms with Crippen molar-refractivity contribution in [3.8, 4) is 0 Å². The summed E-state index contributed by atoms with van der Waals surface area (Å²) in [6.45, 7) is 1.45. The Kier molecular flexibility index (Phi) is 10.2. The molecule has 0 saturated heterocycles. The van der Waals surface area contributed by atoms with E-state index in [4.69, 9.17) is 24.7 Å². The van der Waals surface area contributed by atoms with E-state index in [9.17, 15) is 0 Å². The van der Waals surface area contributed by atoms with E-state index < -0.39 is 8.80 Å². The highest BCUT2D eigenvalue weighted by Crippen LogP contribution is 2.08. The standard InChI is InChI=1S/C10H26N2O3Si/c1-13-16(10-12,14-2)15-9-7-5-3-4-6-8-11/h3-12H2,1-2H3. The van der Waals surface area contributed by atoms with Crippen LogP contribution in [0.1, 0.15) is 32.1 Å². The highest BCUT2D eigenvalue weighted by atomic mass is 28.4. The van der Waals surface area contributed by atoms with Gasteiger partial charge in [0, 0.05) is 20.8 Å². The van der Waals surface area contributed by atoms with Gasteiger partial charge in [0.05, 0.1) is 6.17 Å². The van der Waals surface area contributed by atoms with E-state index in [1.54, 1.807) is 14.2 Å². The molecule has 0 radical (unpaired) electrons. The molecule has 0 rings (SSSR count). The summed E-state index contributed by atoms with van der Waals surface area (Å²) in [5.74, 6) is 0. The summed E-state index contributed by atoms with van der Waals surface area (Å²) in [5, 5.41) is 0. The summed E-state index contributed by atoms with van der Waals surface area (Å²) < 4.78 is 16.1. The van der Waals surface area contributed by atoms with Crippen molar-refractivity contribution in [1.29, 1.82) is 0 Å². The van der Waals surface area contributed by atoms with Gasteiger partial charge in [-0.3, -0.25) is 0 Å². The molecular weight excluding hydrogens is 224 g/mol. The lowest BCUT2D eigenvalue weighted by atomic mass is 10.1. The number of nitrogens with two attached hydrogens (primary N) is 2. The molecule has 0 aliphatic rings. The minimum absolute atomic E-state index is 0.327. The summed E-state index contributed by atoms with van der Waals surface area (Å²) in [6.07, 6.45) is 6.02. The molecule has 0 amide bonds. The Balaban J connectivity index is 3.48. The zero-order valence-corrected chi connectivity index (χ0v) is 11.5. The fourth-order valence-electron chi connectivity index (χ4n) is 1.43. The molecule has 5 nitrogen and oxygen atoms in total. The Labute approximate surface area is 99.8 Å². The molecule has 0 aromatic heterocycles. The molecular formula is C10H26N2O3Si. The van der Waals surface area contributed by atoms with Gasteiger partial charge >= 0.3 is 8.80 Å². The second-order valence-electron chi connectivity index (χ2n) is 3.70. The molecule has 0 fully saturated rings. The first kappa shape index (κ1) is 16.0. The van der Waals surface area contributed by atoms with E-state index in [-0.39, 0.29) is 0 Å². The molecule has 0 spiro atoms. The third kappa shape index (κ3) is 6.57. The highest BCUT2D eigenvalue weighted by molar-refractivity contribution is 6.60.